The summed E-state index contributed by atoms with van der Waals surface area (Å²) in [7, 11) is 0. The fraction of sp³-hybridized carbons (Fsp3) is 0.467. The molecule has 0 amide bonds. The maximum atomic E-state index is 9.25. The second-order valence-electron chi connectivity index (χ2n) is 4.93. The van der Waals surface area contributed by atoms with Crippen LogP contribution in [0, 0.1) is 28.6 Å². The van der Waals surface area contributed by atoms with Gasteiger partial charge in [0.05, 0.1) is 34.3 Å². The molecule has 1 aromatic rings. The molecule has 0 bridgehead atoms. The number of rotatable bonds is 2. The molecule has 2 unspecified atom stereocenters. The van der Waals surface area contributed by atoms with Crippen LogP contribution in [0.4, 0.5) is 5.69 Å². The molecule has 0 aromatic heterocycles. The summed E-state index contributed by atoms with van der Waals surface area (Å²) in [5, 5.41) is 22.0. The van der Waals surface area contributed by atoms with Gasteiger partial charge in [-0.15, -0.1) is 0 Å². The number of nitrogens with zero attached hydrogens (tertiary/aromatic N) is 2. The number of nitriles is 2. The Bertz CT molecular complexity index is 527. The van der Waals surface area contributed by atoms with Gasteiger partial charge in [0.15, 0.2) is 0 Å². The Morgan fingerprint density at radius 1 is 1.16 bits per heavy atom. The lowest BCUT2D eigenvalue weighted by atomic mass is 9.96. The Balaban J connectivity index is 2.15. The van der Waals surface area contributed by atoms with E-state index in [4.69, 9.17) is 16.9 Å². The molecule has 0 saturated heterocycles. The van der Waals surface area contributed by atoms with Crippen LogP contribution in [0.2, 0.25) is 5.02 Å². The number of anilines is 1. The molecule has 3 nitrogen and oxygen atoms in total. The largest absolute Gasteiger partial charge is 0.380 e. The van der Waals surface area contributed by atoms with Crippen molar-refractivity contribution >= 4 is 17.3 Å². The molecule has 19 heavy (non-hydrogen) atoms. The molecule has 1 aromatic carbocycles. The van der Waals surface area contributed by atoms with Gasteiger partial charge in [0.1, 0.15) is 0 Å². The summed E-state index contributed by atoms with van der Waals surface area (Å²) in [6, 6.07) is 9.83. The van der Waals surface area contributed by atoms with Crippen LogP contribution in [0.3, 0.4) is 0 Å². The van der Waals surface area contributed by atoms with Crippen LogP contribution in [-0.2, 0) is 0 Å². The van der Waals surface area contributed by atoms with E-state index in [1.165, 1.54) is 6.42 Å². The Morgan fingerprint density at radius 3 is 2.63 bits per heavy atom. The Kier molecular flexibility index (Phi) is 4.66. The lowest BCUT2D eigenvalue weighted by molar-refractivity contribution is 0.514. The standard InChI is InChI=1S/C15H16ClN3/c16-13-8-11(9-17)6-7-15(13)19-14-5-3-1-2-4-12(14)10-18/h6-8,12,14,19H,1-5H2. The number of nitrogens with one attached hydrogen (secondary N) is 1. The van der Waals surface area contributed by atoms with E-state index in [0.29, 0.717) is 10.6 Å². The maximum absolute atomic E-state index is 9.25. The fourth-order valence-electron chi connectivity index (χ4n) is 2.54. The molecular formula is C15H16ClN3. The quantitative estimate of drug-likeness (QED) is 0.826. The molecule has 1 fully saturated rings. The maximum Gasteiger partial charge on any atom is 0.0992 e. The molecule has 1 aliphatic carbocycles. The van der Waals surface area contributed by atoms with Crippen molar-refractivity contribution in [2.24, 2.45) is 5.92 Å². The third-order valence-corrected chi connectivity index (χ3v) is 3.93. The number of benzene rings is 1. The smallest absolute Gasteiger partial charge is 0.0992 e. The van der Waals surface area contributed by atoms with E-state index in [9.17, 15) is 5.26 Å². The summed E-state index contributed by atoms with van der Waals surface area (Å²) >= 11 is 6.16. The van der Waals surface area contributed by atoms with Crippen molar-refractivity contribution in [3.8, 4) is 12.1 Å². The molecule has 0 aliphatic heterocycles. The first kappa shape index (κ1) is 13.7. The average Bonchev–Trinajstić information content (AvgIpc) is 2.66. The summed E-state index contributed by atoms with van der Waals surface area (Å²) in [4.78, 5) is 0. The Labute approximate surface area is 118 Å². The van der Waals surface area contributed by atoms with Gasteiger partial charge in [0.25, 0.3) is 0 Å². The Morgan fingerprint density at radius 2 is 1.95 bits per heavy atom. The summed E-state index contributed by atoms with van der Waals surface area (Å²) in [6.45, 7) is 0. The van der Waals surface area contributed by atoms with Crippen molar-refractivity contribution in [1.29, 1.82) is 10.5 Å². The summed E-state index contributed by atoms with van der Waals surface area (Å²) in [5.41, 5.74) is 1.36. The van der Waals surface area contributed by atoms with Crippen molar-refractivity contribution in [2.45, 2.75) is 38.1 Å². The van der Waals surface area contributed by atoms with Crippen molar-refractivity contribution in [3.63, 3.8) is 0 Å². The van der Waals surface area contributed by atoms with Crippen molar-refractivity contribution < 1.29 is 0 Å². The van der Waals surface area contributed by atoms with Crippen molar-refractivity contribution in [1.82, 2.24) is 0 Å². The number of halogens is 1. The van der Waals surface area contributed by atoms with E-state index in [1.54, 1.807) is 12.1 Å². The van der Waals surface area contributed by atoms with E-state index < -0.39 is 0 Å². The van der Waals surface area contributed by atoms with Gasteiger partial charge in [-0.2, -0.15) is 10.5 Å². The highest BCUT2D eigenvalue weighted by Crippen LogP contribution is 2.29. The van der Waals surface area contributed by atoms with E-state index >= 15 is 0 Å². The van der Waals surface area contributed by atoms with Crippen LogP contribution in [0.1, 0.15) is 37.7 Å². The monoisotopic (exact) mass is 273 g/mol. The van der Waals surface area contributed by atoms with Crippen molar-refractivity contribution in [3.05, 3.63) is 28.8 Å². The van der Waals surface area contributed by atoms with E-state index in [1.807, 2.05) is 6.07 Å². The predicted octanol–water partition coefficient (Wildman–Crippen LogP) is 4.10. The summed E-state index contributed by atoms with van der Waals surface area (Å²) in [5.74, 6) is 0.0363. The minimum atomic E-state index is 0.0363. The van der Waals surface area contributed by atoms with Gasteiger partial charge in [-0.3, -0.25) is 0 Å². The third-order valence-electron chi connectivity index (χ3n) is 3.62. The number of hydrogen-bond acceptors (Lipinski definition) is 3. The lowest BCUT2D eigenvalue weighted by Crippen LogP contribution is -2.27. The normalized spacial score (nSPS) is 22.9. The highest BCUT2D eigenvalue weighted by Gasteiger charge is 2.23. The van der Waals surface area contributed by atoms with Crippen LogP contribution >= 0.6 is 11.6 Å². The SMILES string of the molecule is N#Cc1ccc(NC2CCCCCC2C#N)c(Cl)c1. The van der Waals surface area contributed by atoms with Gasteiger partial charge in [-0.1, -0.05) is 30.9 Å². The van der Waals surface area contributed by atoms with Gasteiger partial charge in [0, 0.05) is 6.04 Å². The minimum Gasteiger partial charge on any atom is -0.380 e. The Hall–Kier alpha value is -1.71. The van der Waals surface area contributed by atoms with Crippen LogP contribution in [0.15, 0.2) is 18.2 Å². The fourth-order valence-corrected chi connectivity index (χ4v) is 2.77. The highest BCUT2D eigenvalue weighted by atomic mass is 35.5. The zero-order valence-electron chi connectivity index (χ0n) is 10.7. The molecule has 4 heteroatoms. The minimum absolute atomic E-state index is 0.0363. The topological polar surface area (TPSA) is 59.6 Å². The molecule has 0 spiro atoms. The van der Waals surface area contributed by atoms with Crippen LogP contribution in [0.25, 0.3) is 0 Å². The molecule has 98 valence electrons. The highest BCUT2D eigenvalue weighted by molar-refractivity contribution is 6.33. The molecule has 2 atom stereocenters. The first-order chi connectivity index (χ1) is 9.24. The first-order valence-corrected chi connectivity index (χ1v) is 6.98. The third kappa shape index (κ3) is 3.40. The van der Waals surface area contributed by atoms with Gasteiger partial charge in [-0.25, -0.2) is 0 Å². The molecule has 2 rings (SSSR count). The van der Waals surface area contributed by atoms with Gasteiger partial charge in [-0.05, 0) is 31.0 Å². The summed E-state index contributed by atoms with van der Waals surface area (Å²) in [6.07, 6.45) is 5.40. The zero-order valence-corrected chi connectivity index (χ0v) is 11.5. The lowest BCUT2D eigenvalue weighted by Gasteiger charge is -2.22. The first-order valence-electron chi connectivity index (χ1n) is 6.60. The number of hydrogen-bond donors (Lipinski definition) is 1. The predicted molar refractivity (Wildman–Crippen MR) is 75.8 cm³/mol. The van der Waals surface area contributed by atoms with Gasteiger partial charge < -0.3 is 5.32 Å². The van der Waals surface area contributed by atoms with E-state index in [2.05, 4.69) is 17.5 Å². The second-order valence-corrected chi connectivity index (χ2v) is 5.34. The van der Waals surface area contributed by atoms with Gasteiger partial charge in [0.2, 0.25) is 0 Å². The molecular weight excluding hydrogens is 258 g/mol. The second kappa shape index (κ2) is 6.45. The zero-order chi connectivity index (χ0) is 13.7. The average molecular weight is 274 g/mol. The van der Waals surface area contributed by atoms with E-state index in [0.717, 1.165) is 31.4 Å². The molecule has 0 heterocycles. The summed E-state index contributed by atoms with van der Waals surface area (Å²) < 4.78 is 0. The molecule has 1 aliphatic rings. The molecule has 1 saturated carbocycles. The van der Waals surface area contributed by atoms with Crippen LogP contribution in [-0.4, -0.2) is 6.04 Å². The molecule has 1 N–H and O–H groups in total. The van der Waals surface area contributed by atoms with Gasteiger partial charge >= 0.3 is 0 Å². The van der Waals surface area contributed by atoms with Crippen molar-refractivity contribution in [2.75, 3.05) is 5.32 Å². The van der Waals surface area contributed by atoms with E-state index in [-0.39, 0.29) is 12.0 Å². The van der Waals surface area contributed by atoms with Crippen LogP contribution in [0.5, 0.6) is 0 Å². The molecule has 0 radical (unpaired) electrons. The van der Waals surface area contributed by atoms with Crippen LogP contribution < -0.4 is 5.32 Å².